The van der Waals surface area contributed by atoms with Crippen LogP contribution in [0.1, 0.15) is 48.0 Å². The highest BCUT2D eigenvalue weighted by Gasteiger charge is 2.53. The Hall–Kier alpha value is -2.46. The summed E-state index contributed by atoms with van der Waals surface area (Å²) in [5.74, 6) is -0.833. The number of hydrogen-bond donors (Lipinski definition) is 3. The third-order valence-electron chi connectivity index (χ3n) is 6.65. The Balaban J connectivity index is 1.47. The van der Waals surface area contributed by atoms with Crippen LogP contribution in [-0.2, 0) is 20.7 Å². The summed E-state index contributed by atoms with van der Waals surface area (Å²) in [7, 11) is 0. The Bertz CT molecular complexity index is 1210. The van der Waals surface area contributed by atoms with Crippen molar-refractivity contribution >= 4 is 62.5 Å². The number of carbonyl (C=O) groups is 3. The normalized spacial score (nSPS) is 17.2. The summed E-state index contributed by atoms with van der Waals surface area (Å²) >= 11 is 15.2. The van der Waals surface area contributed by atoms with Crippen molar-refractivity contribution in [2.24, 2.45) is 5.41 Å². The summed E-state index contributed by atoms with van der Waals surface area (Å²) in [6.45, 7) is -0.398. The van der Waals surface area contributed by atoms with Gasteiger partial charge < -0.3 is 20.5 Å². The SMILES string of the molecule is O=C(Nc1ccc(C[C@H](NC2=C(Br)C(=O)C23CCCCC3)C(=O)OCCO)cc1)c1cc(Cl)nc(Cl)c1. The molecule has 0 aliphatic heterocycles. The number of halogens is 3. The highest BCUT2D eigenvalue weighted by molar-refractivity contribution is 9.12. The van der Waals surface area contributed by atoms with E-state index in [1.165, 1.54) is 12.1 Å². The maximum absolute atomic E-state index is 12.9. The first-order valence-corrected chi connectivity index (χ1v) is 13.5. The van der Waals surface area contributed by atoms with Crippen LogP contribution in [0.2, 0.25) is 10.3 Å². The third kappa shape index (κ3) is 6.17. The van der Waals surface area contributed by atoms with Gasteiger partial charge in [-0.05, 0) is 58.6 Å². The van der Waals surface area contributed by atoms with E-state index < -0.39 is 23.3 Å². The molecule has 1 aromatic carbocycles. The lowest BCUT2D eigenvalue weighted by Crippen LogP contribution is -2.53. The molecule has 1 aromatic heterocycles. The zero-order valence-corrected chi connectivity index (χ0v) is 23.0. The maximum atomic E-state index is 12.9. The molecule has 1 heterocycles. The first-order chi connectivity index (χ1) is 17.7. The molecule has 0 radical (unpaired) electrons. The van der Waals surface area contributed by atoms with E-state index >= 15 is 0 Å². The van der Waals surface area contributed by atoms with Crippen molar-refractivity contribution in [1.82, 2.24) is 10.3 Å². The minimum absolute atomic E-state index is 0.0778. The zero-order chi connectivity index (χ0) is 26.6. The number of aromatic nitrogens is 1. The van der Waals surface area contributed by atoms with Crippen molar-refractivity contribution < 1.29 is 24.2 Å². The lowest BCUT2D eigenvalue weighted by Gasteiger charge is -2.46. The van der Waals surface area contributed by atoms with Gasteiger partial charge in [-0.2, -0.15) is 0 Å². The standard InChI is InChI=1S/C26H26BrCl2N3O5/c27-21-22(26(23(21)34)8-2-1-3-9-26)31-18(25(36)37-11-10-33)12-15-4-6-17(7-5-15)30-24(35)16-13-19(28)32-20(29)14-16/h4-7,13-14,18,31,33H,1-3,8-12H2,(H,30,35)/t18-/m0/s1. The molecule has 1 atom stereocenters. The molecule has 3 N–H and O–H groups in total. The van der Waals surface area contributed by atoms with E-state index in [2.05, 4.69) is 31.5 Å². The van der Waals surface area contributed by atoms with Crippen LogP contribution in [-0.4, -0.2) is 47.0 Å². The Morgan fingerprint density at radius 3 is 2.38 bits per heavy atom. The smallest absolute Gasteiger partial charge is 0.328 e. The van der Waals surface area contributed by atoms with Crippen molar-refractivity contribution in [2.75, 3.05) is 18.5 Å². The molecule has 1 spiro atoms. The molecular formula is C26H26BrCl2N3O5. The maximum Gasteiger partial charge on any atom is 0.328 e. The summed E-state index contributed by atoms with van der Waals surface area (Å²) in [6, 6.07) is 9.11. The molecule has 0 saturated heterocycles. The molecule has 196 valence electrons. The summed E-state index contributed by atoms with van der Waals surface area (Å²) in [6.07, 6.45) is 4.80. The average molecular weight is 611 g/mol. The fourth-order valence-corrected chi connectivity index (χ4v) is 6.13. The molecule has 1 fully saturated rings. The lowest BCUT2D eigenvalue weighted by molar-refractivity contribution is -0.147. The van der Waals surface area contributed by atoms with Gasteiger partial charge in [0.05, 0.1) is 16.5 Å². The van der Waals surface area contributed by atoms with Crippen molar-refractivity contribution in [3.63, 3.8) is 0 Å². The minimum Gasteiger partial charge on any atom is -0.462 e. The van der Waals surface area contributed by atoms with Gasteiger partial charge in [-0.15, -0.1) is 0 Å². The van der Waals surface area contributed by atoms with Gasteiger partial charge in [0, 0.05) is 23.4 Å². The number of hydrogen-bond acceptors (Lipinski definition) is 7. The number of Topliss-reactive ketones (excluding diaryl/α,β-unsaturated/α-hetero) is 1. The minimum atomic E-state index is -0.762. The molecule has 2 aliphatic rings. The van der Waals surface area contributed by atoms with Crippen LogP contribution in [0, 0.1) is 5.41 Å². The van der Waals surface area contributed by atoms with E-state index in [1.54, 1.807) is 24.3 Å². The number of nitrogens with zero attached hydrogens (tertiary/aromatic N) is 1. The number of rotatable bonds is 9. The highest BCUT2D eigenvalue weighted by atomic mass is 79.9. The number of allylic oxidation sites excluding steroid dienone is 2. The van der Waals surface area contributed by atoms with Gasteiger partial charge in [0.2, 0.25) is 0 Å². The van der Waals surface area contributed by atoms with E-state index in [1.807, 2.05) is 0 Å². The number of amides is 1. The van der Waals surface area contributed by atoms with Crippen LogP contribution < -0.4 is 10.6 Å². The molecule has 8 nitrogen and oxygen atoms in total. The molecule has 37 heavy (non-hydrogen) atoms. The summed E-state index contributed by atoms with van der Waals surface area (Å²) in [5.41, 5.74) is 1.81. The van der Waals surface area contributed by atoms with Gasteiger partial charge in [-0.1, -0.05) is 54.6 Å². The molecule has 4 rings (SSSR count). The summed E-state index contributed by atoms with van der Waals surface area (Å²) in [5, 5.41) is 15.4. The molecule has 2 aromatic rings. The number of carbonyl (C=O) groups excluding carboxylic acids is 3. The Kier molecular flexibility index (Phi) is 8.90. The van der Waals surface area contributed by atoms with Crippen LogP contribution in [0.25, 0.3) is 0 Å². The van der Waals surface area contributed by atoms with E-state index in [9.17, 15) is 14.4 Å². The number of esters is 1. The molecule has 0 bridgehead atoms. The van der Waals surface area contributed by atoms with Crippen LogP contribution >= 0.6 is 39.1 Å². The fourth-order valence-electron chi connectivity index (χ4n) is 4.79. The number of ether oxygens (including phenoxy) is 1. The van der Waals surface area contributed by atoms with Crippen LogP contribution in [0.15, 0.2) is 46.6 Å². The predicted molar refractivity (Wildman–Crippen MR) is 144 cm³/mol. The van der Waals surface area contributed by atoms with E-state index in [0.717, 1.165) is 43.4 Å². The number of aliphatic hydroxyl groups is 1. The van der Waals surface area contributed by atoms with Gasteiger partial charge in [-0.3, -0.25) is 9.59 Å². The zero-order valence-electron chi connectivity index (χ0n) is 19.9. The van der Waals surface area contributed by atoms with Crippen molar-refractivity contribution in [1.29, 1.82) is 0 Å². The first kappa shape index (κ1) is 27.6. The molecule has 0 unspecified atom stereocenters. The second-order valence-electron chi connectivity index (χ2n) is 9.11. The van der Waals surface area contributed by atoms with Crippen molar-refractivity contribution in [3.05, 3.63) is 68.0 Å². The lowest BCUT2D eigenvalue weighted by atomic mass is 9.62. The van der Waals surface area contributed by atoms with Gasteiger partial charge >= 0.3 is 5.97 Å². The Labute approximate surface area is 232 Å². The Morgan fingerprint density at radius 2 is 1.76 bits per heavy atom. The number of aliphatic hydroxyl groups excluding tert-OH is 1. The van der Waals surface area contributed by atoms with Crippen LogP contribution in [0.3, 0.4) is 0 Å². The van der Waals surface area contributed by atoms with Crippen molar-refractivity contribution in [3.8, 4) is 0 Å². The van der Waals surface area contributed by atoms with Gasteiger partial charge in [-0.25, -0.2) is 9.78 Å². The second kappa shape index (κ2) is 11.9. The monoisotopic (exact) mass is 609 g/mol. The molecule has 11 heteroatoms. The molecular weight excluding hydrogens is 585 g/mol. The third-order valence-corrected chi connectivity index (χ3v) is 7.80. The number of pyridine rings is 1. The molecule has 1 saturated carbocycles. The number of benzene rings is 1. The van der Waals surface area contributed by atoms with E-state index in [-0.39, 0.29) is 41.3 Å². The van der Waals surface area contributed by atoms with Crippen molar-refractivity contribution in [2.45, 2.75) is 44.6 Å². The molecule has 1 amide bonds. The average Bonchev–Trinajstić information content (AvgIpc) is 2.89. The predicted octanol–water partition coefficient (Wildman–Crippen LogP) is 4.82. The van der Waals surface area contributed by atoms with Gasteiger partial charge in [0.1, 0.15) is 23.0 Å². The van der Waals surface area contributed by atoms with Gasteiger partial charge in [0.15, 0.2) is 5.78 Å². The summed E-state index contributed by atoms with van der Waals surface area (Å²) in [4.78, 5) is 42.0. The number of anilines is 1. The number of nitrogens with one attached hydrogen (secondary N) is 2. The van der Waals surface area contributed by atoms with Gasteiger partial charge in [0.25, 0.3) is 5.91 Å². The fraction of sp³-hybridized carbons (Fsp3) is 0.385. The first-order valence-electron chi connectivity index (χ1n) is 12.0. The number of ketones is 1. The quantitative estimate of drug-likeness (QED) is 0.275. The molecule has 2 aliphatic carbocycles. The van der Waals surface area contributed by atoms with Crippen LogP contribution in [0.4, 0.5) is 5.69 Å². The van der Waals surface area contributed by atoms with Crippen LogP contribution in [0.5, 0.6) is 0 Å². The largest absolute Gasteiger partial charge is 0.462 e. The Morgan fingerprint density at radius 1 is 1.11 bits per heavy atom. The highest BCUT2D eigenvalue weighted by Crippen LogP contribution is 2.53. The van der Waals surface area contributed by atoms with E-state index in [0.29, 0.717) is 10.2 Å². The summed E-state index contributed by atoms with van der Waals surface area (Å²) < 4.78 is 5.70. The van der Waals surface area contributed by atoms with E-state index in [4.69, 9.17) is 33.0 Å². The second-order valence-corrected chi connectivity index (χ2v) is 10.7. The topological polar surface area (TPSA) is 118 Å².